The predicted molar refractivity (Wildman–Crippen MR) is 101 cm³/mol. The standard InChI is InChI=1S/C19H21ClN2O4/c1-12(23)21-15(13-7-5-4-6-8-13)11-19(24)22-16-10-18(26-3)17(25-2)9-14(16)20/h4-10,15H,11H2,1-3H3,(H,21,23)(H,22,24)/t15-/m1/s1. The van der Waals surface area contributed by atoms with Crippen molar-refractivity contribution >= 4 is 29.1 Å². The Hall–Kier alpha value is -2.73. The molecular formula is C19H21ClN2O4. The van der Waals surface area contributed by atoms with Crippen LogP contribution < -0.4 is 20.1 Å². The molecule has 1 atom stereocenters. The zero-order chi connectivity index (χ0) is 19.1. The van der Waals surface area contributed by atoms with Gasteiger partial charge in [0.15, 0.2) is 11.5 Å². The number of halogens is 1. The van der Waals surface area contributed by atoms with Crippen molar-refractivity contribution in [3.63, 3.8) is 0 Å². The highest BCUT2D eigenvalue weighted by atomic mass is 35.5. The second kappa shape index (κ2) is 9.10. The molecule has 0 aliphatic heterocycles. The van der Waals surface area contributed by atoms with E-state index in [1.54, 1.807) is 12.1 Å². The molecule has 0 saturated heterocycles. The van der Waals surface area contributed by atoms with Gasteiger partial charge in [-0.15, -0.1) is 0 Å². The van der Waals surface area contributed by atoms with E-state index in [1.807, 2.05) is 30.3 Å². The van der Waals surface area contributed by atoms with Crippen LogP contribution in [0.1, 0.15) is 24.9 Å². The molecule has 7 heteroatoms. The van der Waals surface area contributed by atoms with Crippen molar-refractivity contribution in [2.75, 3.05) is 19.5 Å². The molecule has 0 bridgehead atoms. The van der Waals surface area contributed by atoms with Crippen LogP contribution in [0.2, 0.25) is 5.02 Å². The Labute approximate surface area is 157 Å². The molecule has 2 rings (SSSR count). The number of amides is 2. The molecule has 138 valence electrons. The zero-order valence-corrected chi connectivity index (χ0v) is 15.6. The minimum atomic E-state index is -0.437. The van der Waals surface area contributed by atoms with Crippen molar-refractivity contribution in [1.82, 2.24) is 5.32 Å². The minimum absolute atomic E-state index is 0.0638. The van der Waals surface area contributed by atoms with Crippen LogP contribution in [0, 0.1) is 0 Å². The number of anilines is 1. The van der Waals surface area contributed by atoms with Crippen LogP contribution in [0.5, 0.6) is 11.5 Å². The lowest BCUT2D eigenvalue weighted by Crippen LogP contribution is -2.29. The van der Waals surface area contributed by atoms with Crippen molar-refractivity contribution in [2.45, 2.75) is 19.4 Å². The summed E-state index contributed by atoms with van der Waals surface area (Å²) in [6, 6.07) is 12.0. The van der Waals surface area contributed by atoms with Gasteiger partial charge >= 0.3 is 0 Å². The monoisotopic (exact) mass is 376 g/mol. The molecule has 2 N–H and O–H groups in total. The highest BCUT2D eigenvalue weighted by Crippen LogP contribution is 2.36. The van der Waals surface area contributed by atoms with E-state index in [1.165, 1.54) is 21.1 Å². The maximum Gasteiger partial charge on any atom is 0.226 e. The summed E-state index contributed by atoms with van der Waals surface area (Å²) >= 11 is 6.20. The van der Waals surface area contributed by atoms with Gasteiger partial charge in [0.2, 0.25) is 11.8 Å². The van der Waals surface area contributed by atoms with Gasteiger partial charge in [0.25, 0.3) is 0 Å². The van der Waals surface area contributed by atoms with E-state index in [0.29, 0.717) is 22.2 Å². The zero-order valence-electron chi connectivity index (χ0n) is 14.8. The molecule has 0 radical (unpaired) electrons. The van der Waals surface area contributed by atoms with Crippen LogP contribution >= 0.6 is 11.6 Å². The first-order chi connectivity index (χ1) is 12.4. The van der Waals surface area contributed by atoms with Gasteiger partial charge in [0.1, 0.15) is 0 Å². The van der Waals surface area contributed by atoms with Crippen LogP contribution in [0.4, 0.5) is 5.69 Å². The number of carbonyl (C=O) groups is 2. The van der Waals surface area contributed by atoms with E-state index in [9.17, 15) is 9.59 Å². The number of hydrogen-bond donors (Lipinski definition) is 2. The third-order valence-corrected chi connectivity index (χ3v) is 4.03. The fourth-order valence-corrected chi connectivity index (χ4v) is 2.72. The van der Waals surface area contributed by atoms with Gasteiger partial charge in [-0.2, -0.15) is 0 Å². The smallest absolute Gasteiger partial charge is 0.226 e. The molecule has 26 heavy (non-hydrogen) atoms. The fourth-order valence-electron chi connectivity index (χ4n) is 2.52. The van der Waals surface area contributed by atoms with E-state index in [0.717, 1.165) is 5.56 Å². The maximum atomic E-state index is 12.5. The summed E-state index contributed by atoms with van der Waals surface area (Å²) in [5, 5.41) is 5.87. The highest BCUT2D eigenvalue weighted by molar-refractivity contribution is 6.34. The molecule has 2 amide bonds. The summed E-state index contributed by atoms with van der Waals surface area (Å²) < 4.78 is 10.4. The Morgan fingerprint density at radius 1 is 1.08 bits per heavy atom. The number of carbonyl (C=O) groups excluding carboxylic acids is 2. The highest BCUT2D eigenvalue weighted by Gasteiger charge is 2.18. The maximum absolute atomic E-state index is 12.5. The number of nitrogens with one attached hydrogen (secondary N) is 2. The molecule has 0 spiro atoms. The van der Waals surface area contributed by atoms with E-state index in [4.69, 9.17) is 21.1 Å². The summed E-state index contributed by atoms with van der Waals surface area (Å²) in [5.74, 6) is 0.419. The summed E-state index contributed by atoms with van der Waals surface area (Å²) in [4.78, 5) is 24.0. The van der Waals surface area contributed by atoms with E-state index in [-0.39, 0.29) is 18.2 Å². The largest absolute Gasteiger partial charge is 0.493 e. The van der Waals surface area contributed by atoms with Crippen molar-refractivity contribution < 1.29 is 19.1 Å². The first-order valence-corrected chi connectivity index (χ1v) is 8.35. The molecule has 6 nitrogen and oxygen atoms in total. The number of hydrogen-bond acceptors (Lipinski definition) is 4. The Balaban J connectivity index is 2.16. The summed E-state index contributed by atoms with van der Waals surface area (Å²) in [6.07, 6.45) is 0.0638. The Morgan fingerprint density at radius 2 is 1.69 bits per heavy atom. The second-order valence-electron chi connectivity index (χ2n) is 5.60. The molecule has 0 saturated carbocycles. The van der Waals surface area contributed by atoms with Gasteiger partial charge in [0.05, 0.1) is 37.4 Å². The van der Waals surface area contributed by atoms with Gasteiger partial charge in [-0.25, -0.2) is 0 Å². The van der Waals surface area contributed by atoms with Crippen molar-refractivity contribution in [3.05, 3.63) is 53.1 Å². The first-order valence-electron chi connectivity index (χ1n) is 7.98. The molecule has 0 aliphatic rings. The van der Waals surface area contributed by atoms with Crippen molar-refractivity contribution in [3.8, 4) is 11.5 Å². The third kappa shape index (κ3) is 5.13. The quantitative estimate of drug-likeness (QED) is 0.774. The molecule has 2 aromatic carbocycles. The van der Waals surface area contributed by atoms with Crippen LogP contribution in [0.15, 0.2) is 42.5 Å². The van der Waals surface area contributed by atoms with Gasteiger partial charge < -0.3 is 20.1 Å². The minimum Gasteiger partial charge on any atom is -0.493 e. The first kappa shape index (κ1) is 19.6. The van der Waals surface area contributed by atoms with Gasteiger partial charge in [0, 0.05) is 19.1 Å². The SMILES string of the molecule is COc1cc(Cl)c(NC(=O)C[C@@H](NC(C)=O)c2ccccc2)cc1OC. The lowest BCUT2D eigenvalue weighted by atomic mass is 10.0. The Kier molecular flexibility index (Phi) is 6.86. The lowest BCUT2D eigenvalue weighted by Gasteiger charge is -2.19. The van der Waals surface area contributed by atoms with Gasteiger partial charge in [-0.3, -0.25) is 9.59 Å². The van der Waals surface area contributed by atoms with Gasteiger partial charge in [-0.05, 0) is 5.56 Å². The number of rotatable bonds is 7. The van der Waals surface area contributed by atoms with Crippen LogP contribution in [0.3, 0.4) is 0 Å². The molecule has 0 unspecified atom stereocenters. The number of benzene rings is 2. The van der Waals surface area contributed by atoms with Crippen LogP contribution in [-0.4, -0.2) is 26.0 Å². The topological polar surface area (TPSA) is 76.7 Å². The molecule has 0 aliphatic carbocycles. The third-order valence-electron chi connectivity index (χ3n) is 3.72. The average Bonchev–Trinajstić information content (AvgIpc) is 2.62. The summed E-state index contributed by atoms with van der Waals surface area (Å²) in [6.45, 7) is 1.42. The Morgan fingerprint density at radius 3 is 2.27 bits per heavy atom. The molecule has 0 aromatic heterocycles. The van der Waals surface area contributed by atoms with E-state index >= 15 is 0 Å². The van der Waals surface area contributed by atoms with Crippen molar-refractivity contribution in [1.29, 1.82) is 0 Å². The Bertz CT molecular complexity index is 781. The normalized spacial score (nSPS) is 11.4. The van der Waals surface area contributed by atoms with E-state index < -0.39 is 6.04 Å². The molecule has 0 heterocycles. The molecular weight excluding hydrogens is 356 g/mol. The fraction of sp³-hybridized carbons (Fsp3) is 0.263. The van der Waals surface area contributed by atoms with Crippen LogP contribution in [0.25, 0.3) is 0 Å². The van der Waals surface area contributed by atoms with Crippen LogP contribution in [-0.2, 0) is 9.59 Å². The lowest BCUT2D eigenvalue weighted by molar-refractivity contribution is -0.120. The number of methoxy groups -OCH3 is 2. The predicted octanol–water partition coefficient (Wildman–Crippen LogP) is 3.56. The van der Waals surface area contributed by atoms with Crippen molar-refractivity contribution in [2.24, 2.45) is 0 Å². The molecule has 0 fully saturated rings. The summed E-state index contributed by atoms with van der Waals surface area (Å²) in [5.41, 5.74) is 1.25. The average molecular weight is 377 g/mol. The molecule has 2 aromatic rings. The van der Waals surface area contributed by atoms with E-state index in [2.05, 4.69) is 10.6 Å². The second-order valence-corrected chi connectivity index (χ2v) is 6.01. The number of ether oxygens (including phenoxy) is 2. The van der Waals surface area contributed by atoms with Gasteiger partial charge in [-0.1, -0.05) is 41.9 Å². The summed E-state index contributed by atoms with van der Waals surface area (Å²) in [7, 11) is 3.00.